The predicted octanol–water partition coefficient (Wildman–Crippen LogP) is 3.53. The molecule has 0 amide bonds. The van der Waals surface area contributed by atoms with Gasteiger partial charge in [0, 0.05) is 13.2 Å². The number of rotatable bonds is 3. The molecule has 0 radical (unpaired) electrons. The van der Waals surface area contributed by atoms with Gasteiger partial charge in [-0.3, -0.25) is 0 Å². The van der Waals surface area contributed by atoms with Crippen molar-refractivity contribution in [2.45, 2.75) is 71.8 Å². The van der Waals surface area contributed by atoms with Crippen LogP contribution in [0.25, 0.3) is 0 Å². The fourth-order valence-electron chi connectivity index (χ4n) is 6.85. The molecule has 138 valence electrons. The molecule has 0 aromatic carbocycles. The van der Waals surface area contributed by atoms with Crippen LogP contribution < -0.4 is 0 Å². The molecule has 3 aliphatic carbocycles. The van der Waals surface area contributed by atoms with E-state index >= 15 is 0 Å². The molecule has 7 atom stereocenters. The second-order valence-electron chi connectivity index (χ2n) is 9.18. The van der Waals surface area contributed by atoms with Crippen molar-refractivity contribution in [3.8, 4) is 0 Å². The first-order chi connectivity index (χ1) is 11.4. The smallest absolute Gasteiger partial charge is 0.0544 e. The van der Waals surface area contributed by atoms with Gasteiger partial charge < -0.3 is 15.3 Å². The highest BCUT2D eigenvalue weighted by Crippen LogP contribution is 2.63. The van der Waals surface area contributed by atoms with Crippen molar-refractivity contribution in [1.29, 1.82) is 0 Å². The molecule has 0 aromatic heterocycles. The molecule has 3 N–H and O–H groups in total. The predicted molar refractivity (Wildman–Crippen MR) is 96.4 cm³/mol. The Morgan fingerprint density at radius 3 is 2.42 bits per heavy atom. The normalized spacial score (nSPS) is 50.9. The number of hydrogen-bond acceptors (Lipinski definition) is 3. The van der Waals surface area contributed by atoms with E-state index in [0.29, 0.717) is 24.2 Å². The van der Waals surface area contributed by atoms with Crippen LogP contribution in [-0.4, -0.2) is 34.6 Å². The Morgan fingerprint density at radius 2 is 1.79 bits per heavy atom. The van der Waals surface area contributed by atoms with Gasteiger partial charge in [-0.1, -0.05) is 25.5 Å². The number of fused-ring (bicyclic) bond motifs is 1. The van der Waals surface area contributed by atoms with Gasteiger partial charge in [0.05, 0.1) is 6.10 Å². The van der Waals surface area contributed by atoms with E-state index in [1.807, 2.05) is 0 Å². The van der Waals surface area contributed by atoms with Crippen molar-refractivity contribution >= 4 is 0 Å². The Hall–Kier alpha value is -0.380. The maximum atomic E-state index is 10.3. The summed E-state index contributed by atoms with van der Waals surface area (Å²) in [5, 5.41) is 30.3. The number of allylic oxidation sites excluding steroid dienone is 2. The van der Waals surface area contributed by atoms with Gasteiger partial charge in [0.1, 0.15) is 0 Å². The van der Waals surface area contributed by atoms with Crippen LogP contribution >= 0.6 is 0 Å². The summed E-state index contributed by atoms with van der Waals surface area (Å²) in [6, 6.07) is 0. The molecule has 3 fully saturated rings. The molecule has 3 heteroatoms. The first kappa shape index (κ1) is 18.4. The summed E-state index contributed by atoms with van der Waals surface area (Å²) in [7, 11) is 0. The molecule has 3 saturated carbocycles. The Kier molecular flexibility index (Phi) is 5.17. The minimum atomic E-state index is -0.266. The molecule has 3 nitrogen and oxygen atoms in total. The van der Waals surface area contributed by atoms with Crippen molar-refractivity contribution in [1.82, 2.24) is 0 Å². The average molecular weight is 337 g/mol. The van der Waals surface area contributed by atoms with Crippen LogP contribution in [0.5, 0.6) is 0 Å². The topological polar surface area (TPSA) is 60.7 Å². The first-order valence-corrected chi connectivity index (χ1v) is 9.96. The second kappa shape index (κ2) is 6.74. The van der Waals surface area contributed by atoms with E-state index in [1.54, 1.807) is 5.57 Å². The molecule has 2 unspecified atom stereocenters. The third kappa shape index (κ3) is 2.68. The molecular weight excluding hydrogens is 300 g/mol. The van der Waals surface area contributed by atoms with Crippen LogP contribution in [-0.2, 0) is 0 Å². The van der Waals surface area contributed by atoms with Gasteiger partial charge in [0.2, 0.25) is 0 Å². The average Bonchev–Trinajstić information content (AvgIpc) is 2.92. The van der Waals surface area contributed by atoms with Gasteiger partial charge in [0.25, 0.3) is 0 Å². The summed E-state index contributed by atoms with van der Waals surface area (Å²) in [4.78, 5) is 0. The molecule has 0 bridgehead atoms. The van der Waals surface area contributed by atoms with E-state index in [4.69, 9.17) is 0 Å². The lowest BCUT2D eigenvalue weighted by atomic mass is 9.49. The monoisotopic (exact) mass is 336 g/mol. The maximum Gasteiger partial charge on any atom is 0.0544 e. The lowest BCUT2D eigenvalue weighted by molar-refractivity contribution is -0.104. The molecule has 3 aliphatic rings. The molecule has 0 heterocycles. The van der Waals surface area contributed by atoms with Crippen LogP contribution in [0.4, 0.5) is 0 Å². The van der Waals surface area contributed by atoms with Gasteiger partial charge in [0.15, 0.2) is 0 Å². The number of aliphatic hydroxyl groups excluding tert-OH is 3. The molecule has 3 rings (SSSR count). The minimum absolute atomic E-state index is 0.0430. The Balaban J connectivity index is 1.89. The summed E-state index contributed by atoms with van der Waals surface area (Å²) < 4.78 is 0. The van der Waals surface area contributed by atoms with E-state index in [-0.39, 0.29) is 36.1 Å². The van der Waals surface area contributed by atoms with Crippen molar-refractivity contribution in [3.05, 3.63) is 11.6 Å². The summed E-state index contributed by atoms with van der Waals surface area (Å²) in [5.41, 5.74) is 1.89. The zero-order valence-corrected chi connectivity index (χ0v) is 15.7. The molecule has 24 heavy (non-hydrogen) atoms. The quantitative estimate of drug-likeness (QED) is 0.691. The Labute approximate surface area is 147 Å². The van der Waals surface area contributed by atoms with Crippen LogP contribution in [0.1, 0.15) is 65.7 Å². The van der Waals surface area contributed by atoms with Crippen LogP contribution in [0, 0.1) is 34.5 Å². The Bertz CT molecular complexity index is 487. The van der Waals surface area contributed by atoms with Gasteiger partial charge in [-0.2, -0.15) is 0 Å². The van der Waals surface area contributed by atoms with Crippen molar-refractivity contribution < 1.29 is 15.3 Å². The second-order valence-corrected chi connectivity index (χ2v) is 9.18. The highest BCUT2D eigenvalue weighted by Gasteiger charge is 2.56. The van der Waals surface area contributed by atoms with Crippen LogP contribution in [0.2, 0.25) is 0 Å². The summed E-state index contributed by atoms with van der Waals surface area (Å²) in [6.45, 7) is 7.31. The maximum absolute atomic E-state index is 10.3. The highest BCUT2D eigenvalue weighted by molar-refractivity contribution is 5.23. The van der Waals surface area contributed by atoms with E-state index in [1.165, 1.54) is 19.3 Å². The summed E-state index contributed by atoms with van der Waals surface area (Å²) in [6.07, 6.45) is 9.28. The lowest BCUT2D eigenvalue weighted by Crippen LogP contribution is -2.52. The summed E-state index contributed by atoms with van der Waals surface area (Å²) >= 11 is 0. The molecule has 0 aromatic rings. The molecule has 0 spiro atoms. The van der Waals surface area contributed by atoms with E-state index in [2.05, 4.69) is 26.8 Å². The SMILES string of the molecule is C/C=C1/CCC2[C@H](CO)C([C@@]3(C)CC[C@H](O)C[C@@H]3CO)CC[C@]12C. The zero-order valence-electron chi connectivity index (χ0n) is 15.7. The van der Waals surface area contributed by atoms with Crippen LogP contribution in [0.3, 0.4) is 0 Å². The largest absolute Gasteiger partial charge is 0.396 e. The third-order valence-corrected chi connectivity index (χ3v) is 8.42. The van der Waals surface area contributed by atoms with E-state index in [9.17, 15) is 15.3 Å². The third-order valence-electron chi connectivity index (χ3n) is 8.42. The van der Waals surface area contributed by atoms with Crippen molar-refractivity contribution in [2.24, 2.45) is 34.5 Å². The number of hydrogen-bond donors (Lipinski definition) is 3. The zero-order chi connectivity index (χ0) is 17.5. The van der Waals surface area contributed by atoms with Crippen molar-refractivity contribution in [3.63, 3.8) is 0 Å². The lowest BCUT2D eigenvalue weighted by Gasteiger charge is -2.56. The Morgan fingerprint density at radius 1 is 1.04 bits per heavy atom. The van der Waals surface area contributed by atoms with E-state index in [0.717, 1.165) is 19.3 Å². The first-order valence-electron chi connectivity index (χ1n) is 9.96. The molecular formula is C21H36O3. The van der Waals surface area contributed by atoms with Crippen molar-refractivity contribution in [2.75, 3.05) is 13.2 Å². The van der Waals surface area contributed by atoms with E-state index < -0.39 is 0 Å². The standard InChI is InChI=1S/C21H36O3/c1-4-14-5-6-18-17(13-23)19(8-10-20(14,18)2)21(3)9-7-16(24)11-15(21)12-22/h4,15-19,22-24H,5-13H2,1-3H3/b14-4-/t15-,16+,17+,18?,19?,20-,21+/m1/s1. The fourth-order valence-corrected chi connectivity index (χ4v) is 6.85. The van der Waals surface area contributed by atoms with Gasteiger partial charge in [-0.05, 0) is 86.4 Å². The fraction of sp³-hybridized carbons (Fsp3) is 0.905. The van der Waals surface area contributed by atoms with Gasteiger partial charge in [-0.25, -0.2) is 0 Å². The molecule has 0 saturated heterocycles. The van der Waals surface area contributed by atoms with Gasteiger partial charge in [-0.15, -0.1) is 0 Å². The molecule has 0 aliphatic heterocycles. The minimum Gasteiger partial charge on any atom is -0.396 e. The summed E-state index contributed by atoms with van der Waals surface area (Å²) in [5.74, 6) is 1.51. The highest BCUT2D eigenvalue weighted by atomic mass is 16.3. The van der Waals surface area contributed by atoms with Gasteiger partial charge >= 0.3 is 0 Å². The van der Waals surface area contributed by atoms with Crippen LogP contribution in [0.15, 0.2) is 11.6 Å². The number of aliphatic hydroxyl groups is 3.